The van der Waals surface area contributed by atoms with Crippen molar-refractivity contribution in [2.45, 2.75) is 44.4 Å². The maximum absolute atomic E-state index is 11.3. The summed E-state index contributed by atoms with van der Waals surface area (Å²) >= 11 is 1.74. The zero-order valence-corrected chi connectivity index (χ0v) is 17.8. The number of carbonyl (C=O) groups is 1. The Bertz CT molecular complexity index is 862. The molecule has 0 aliphatic carbocycles. The second kappa shape index (κ2) is 10.2. The first-order valence-corrected chi connectivity index (χ1v) is 10.3. The highest BCUT2D eigenvalue weighted by Gasteiger charge is 2.10. The van der Waals surface area contributed by atoms with E-state index in [9.17, 15) is 4.79 Å². The highest BCUT2D eigenvalue weighted by atomic mass is 32.2. The summed E-state index contributed by atoms with van der Waals surface area (Å²) in [6, 6.07) is 12.1. The minimum absolute atomic E-state index is 0.370. The van der Waals surface area contributed by atoms with Gasteiger partial charge in [0.1, 0.15) is 0 Å². The number of carbonyl (C=O) groups excluding carboxylic acids is 1. The molecule has 5 nitrogen and oxygen atoms in total. The van der Waals surface area contributed by atoms with Gasteiger partial charge in [0, 0.05) is 35.1 Å². The van der Waals surface area contributed by atoms with Crippen molar-refractivity contribution in [3.63, 3.8) is 0 Å². The molecule has 0 spiro atoms. The summed E-state index contributed by atoms with van der Waals surface area (Å²) in [6.45, 7) is 8.83. The first-order valence-electron chi connectivity index (χ1n) is 9.35. The van der Waals surface area contributed by atoms with Crippen LogP contribution in [0.25, 0.3) is 5.57 Å². The molecule has 0 aromatic heterocycles. The lowest BCUT2D eigenvalue weighted by atomic mass is 10.0. The molecule has 0 saturated heterocycles. The lowest BCUT2D eigenvalue weighted by molar-refractivity contribution is 0.259. The van der Waals surface area contributed by atoms with Crippen molar-refractivity contribution in [3.05, 3.63) is 64.9 Å². The van der Waals surface area contributed by atoms with Crippen molar-refractivity contribution >= 4 is 29.1 Å². The third-order valence-electron chi connectivity index (χ3n) is 4.40. The number of aryl methyl sites for hydroxylation is 2. The molecule has 6 N–H and O–H groups in total. The number of nitrogens with two attached hydrogens (primary N) is 2. The van der Waals surface area contributed by atoms with E-state index in [1.54, 1.807) is 11.8 Å². The highest BCUT2D eigenvalue weighted by Crippen LogP contribution is 2.32. The molecule has 2 aromatic rings. The number of amides is 2. The highest BCUT2D eigenvalue weighted by molar-refractivity contribution is 7.98. The summed E-state index contributed by atoms with van der Waals surface area (Å²) in [5, 5.41) is 6.03. The molecule has 0 atom stereocenters. The average Bonchev–Trinajstić information content (AvgIpc) is 2.62. The summed E-state index contributed by atoms with van der Waals surface area (Å²) in [5.74, 6) is 0.747. The van der Waals surface area contributed by atoms with Crippen molar-refractivity contribution in [2.24, 2.45) is 11.5 Å². The van der Waals surface area contributed by atoms with Crippen molar-refractivity contribution in [3.8, 4) is 0 Å². The van der Waals surface area contributed by atoms with Gasteiger partial charge in [0.2, 0.25) is 0 Å². The number of hydrogen-bond donors (Lipinski definition) is 4. The summed E-state index contributed by atoms with van der Waals surface area (Å²) in [5.41, 5.74) is 17.6. The van der Waals surface area contributed by atoms with E-state index < -0.39 is 6.03 Å². The Kier molecular flexibility index (Phi) is 7.96. The number of primary amides is 1. The van der Waals surface area contributed by atoms with Crippen LogP contribution >= 0.6 is 11.8 Å². The predicted molar refractivity (Wildman–Crippen MR) is 120 cm³/mol. The summed E-state index contributed by atoms with van der Waals surface area (Å²) in [7, 11) is 0. The van der Waals surface area contributed by atoms with Crippen molar-refractivity contribution in [1.82, 2.24) is 5.32 Å². The van der Waals surface area contributed by atoms with E-state index in [-0.39, 0.29) is 0 Å². The normalized spacial score (nSPS) is 11.6. The Morgan fingerprint density at radius 3 is 2.54 bits per heavy atom. The van der Waals surface area contributed by atoms with Gasteiger partial charge in [0.25, 0.3) is 0 Å². The molecule has 2 aromatic carbocycles. The van der Waals surface area contributed by atoms with Crippen LogP contribution in [0, 0.1) is 13.8 Å². The number of nitrogens with one attached hydrogen (secondary N) is 2. The van der Waals surface area contributed by atoms with Gasteiger partial charge in [-0.15, -0.1) is 11.8 Å². The van der Waals surface area contributed by atoms with Crippen LogP contribution in [0.15, 0.2) is 47.5 Å². The van der Waals surface area contributed by atoms with Crippen LogP contribution in [0.4, 0.5) is 10.5 Å². The molecule has 0 saturated carbocycles. The molecule has 2 amide bonds. The molecule has 0 radical (unpaired) electrons. The molecule has 0 fully saturated rings. The maximum Gasteiger partial charge on any atom is 0.316 e. The molecule has 0 bridgehead atoms. The fourth-order valence-electron chi connectivity index (χ4n) is 2.83. The Morgan fingerprint density at radius 2 is 1.93 bits per heavy atom. The molecule has 0 unspecified atom stereocenters. The molecular weight excluding hydrogens is 368 g/mol. The zero-order chi connectivity index (χ0) is 20.7. The standard InChI is InChI=1S/C22H30N4OS/c1-14(2)25-12-18(11-23)17-8-9-21(16(4)10-17)28-13-19-15(3)6-5-7-20(19)26-22(24)27/h5-10,12,14,25H,11,13,23H2,1-4H3,(H3,24,26,27)/b18-12+. The molecule has 6 heteroatoms. The van der Waals surface area contributed by atoms with Crippen molar-refractivity contribution in [1.29, 1.82) is 0 Å². The molecular formula is C22H30N4OS. The molecule has 0 aliphatic rings. The van der Waals surface area contributed by atoms with Crippen LogP contribution in [-0.2, 0) is 5.75 Å². The zero-order valence-electron chi connectivity index (χ0n) is 17.0. The Balaban J connectivity index is 2.19. The number of thioether (sulfide) groups is 1. The number of hydrogen-bond acceptors (Lipinski definition) is 4. The Hall–Kier alpha value is -2.44. The van der Waals surface area contributed by atoms with Crippen LogP contribution < -0.4 is 22.1 Å². The van der Waals surface area contributed by atoms with Crippen LogP contribution in [0.3, 0.4) is 0 Å². The van der Waals surface area contributed by atoms with Gasteiger partial charge in [0.05, 0.1) is 0 Å². The van der Waals surface area contributed by atoms with E-state index in [0.717, 1.165) is 33.7 Å². The molecule has 150 valence electrons. The van der Waals surface area contributed by atoms with Crippen LogP contribution in [0.5, 0.6) is 0 Å². The van der Waals surface area contributed by atoms with Crippen molar-refractivity contribution in [2.75, 3.05) is 11.9 Å². The van der Waals surface area contributed by atoms with Gasteiger partial charge in [-0.1, -0.05) is 24.3 Å². The fourth-order valence-corrected chi connectivity index (χ4v) is 3.97. The van der Waals surface area contributed by atoms with Gasteiger partial charge in [-0.2, -0.15) is 0 Å². The lowest BCUT2D eigenvalue weighted by Crippen LogP contribution is -2.20. The van der Waals surface area contributed by atoms with Crippen LogP contribution in [0.1, 0.15) is 36.1 Å². The molecule has 28 heavy (non-hydrogen) atoms. The largest absolute Gasteiger partial charge is 0.388 e. The van der Waals surface area contributed by atoms with E-state index >= 15 is 0 Å². The van der Waals surface area contributed by atoms with E-state index in [4.69, 9.17) is 11.5 Å². The first kappa shape index (κ1) is 21.9. The van der Waals surface area contributed by atoms with Gasteiger partial charge in [-0.05, 0) is 67.7 Å². The Morgan fingerprint density at radius 1 is 1.18 bits per heavy atom. The van der Waals surface area contributed by atoms with Gasteiger partial charge >= 0.3 is 6.03 Å². The molecule has 2 rings (SSSR count). The summed E-state index contributed by atoms with van der Waals surface area (Å²) in [6.07, 6.45) is 2.00. The lowest BCUT2D eigenvalue weighted by Gasteiger charge is -2.15. The van der Waals surface area contributed by atoms with E-state index in [1.165, 1.54) is 10.5 Å². The number of benzene rings is 2. The number of anilines is 1. The van der Waals surface area contributed by atoms with Crippen LogP contribution in [-0.4, -0.2) is 18.6 Å². The monoisotopic (exact) mass is 398 g/mol. The van der Waals surface area contributed by atoms with E-state index in [2.05, 4.69) is 49.6 Å². The molecule has 0 aliphatic heterocycles. The number of rotatable bonds is 8. The fraction of sp³-hybridized carbons (Fsp3) is 0.318. The van der Waals surface area contributed by atoms with E-state index in [1.807, 2.05) is 31.3 Å². The second-order valence-corrected chi connectivity index (χ2v) is 8.07. The van der Waals surface area contributed by atoms with E-state index in [0.29, 0.717) is 12.6 Å². The van der Waals surface area contributed by atoms with Gasteiger partial charge in [-0.25, -0.2) is 4.79 Å². The summed E-state index contributed by atoms with van der Waals surface area (Å²) < 4.78 is 0. The average molecular weight is 399 g/mol. The first-order chi connectivity index (χ1) is 13.3. The van der Waals surface area contributed by atoms with Crippen molar-refractivity contribution < 1.29 is 4.79 Å². The second-order valence-electron chi connectivity index (χ2n) is 7.05. The van der Waals surface area contributed by atoms with Gasteiger partial charge < -0.3 is 22.1 Å². The van der Waals surface area contributed by atoms with Gasteiger partial charge in [0.15, 0.2) is 0 Å². The van der Waals surface area contributed by atoms with Gasteiger partial charge in [-0.3, -0.25) is 0 Å². The number of urea groups is 1. The summed E-state index contributed by atoms with van der Waals surface area (Å²) in [4.78, 5) is 12.5. The Labute approximate surface area is 172 Å². The predicted octanol–water partition coefficient (Wildman–Crippen LogP) is 4.38. The smallest absolute Gasteiger partial charge is 0.316 e. The van der Waals surface area contributed by atoms with Crippen LogP contribution in [0.2, 0.25) is 0 Å². The SMILES string of the molecule is Cc1cc(/C(=C/NC(C)C)CN)ccc1SCc1c(C)cccc1NC(N)=O. The quantitative estimate of drug-likeness (QED) is 0.496. The topological polar surface area (TPSA) is 93.2 Å². The third kappa shape index (κ3) is 6.04. The third-order valence-corrected chi connectivity index (χ3v) is 5.60. The minimum atomic E-state index is -0.548. The maximum atomic E-state index is 11.3. The minimum Gasteiger partial charge on any atom is -0.388 e. The molecule has 0 heterocycles.